The molecule has 0 bridgehead atoms. The molecule has 2 unspecified atom stereocenters. The molecule has 0 radical (unpaired) electrons. The second-order valence-electron chi connectivity index (χ2n) is 10.2. The second-order valence-corrected chi connectivity index (χ2v) is 11.1. The van der Waals surface area contributed by atoms with E-state index in [0.29, 0.717) is 22.3 Å². The number of benzene rings is 3. The van der Waals surface area contributed by atoms with Crippen molar-refractivity contribution in [3.8, 4) is 0 Å². The maximum Gasteiger partial charge on any atom is 0.251 e. The van der Waals surface area contributed by atoms with Gasteiger partial charge in [-0.15, -0.1) is 0 Å². The molecular weight excluding hydrogens is 516 g/mol. The van der Waals surface area contributed by atoms with Crippen molar-refractivity contribution in [2.45, 2.75) is 51.4 Å². The van der Waals surface area contributed by atoms with E-state index in [-0.39, 0.29) is 12.5 Å². The molecule has 6 heteroatoms. The normalized spacial score (nSPS) is 20.4. The quantitative estimate of drug-likeness (QED) is 0.447. The van der Waals surface area contributed by atoms with Gasteiger partial charge in [-0.1, -0.05) is 88.7 Å². The molecule has 0 saturated carbocycles. The third-order valence-corrected chi connectivity index (χ3v) is 6.86. The smallest absolute Gasteiger partial charge is 0.251 e. The summed E-state index contributed by atoms with van der Waals surface area (Å²) in [5.74, 6) is -0.702. The van der Waals surface area contributed by atoms with Gasteiger partial charge in [-0.2, -0.15) is 0 Å². The number of carbonyl (C=O) groups excluding carboxylic acids is 2. The summed E-state index contributed by atoms with van der Waals surface area (Å²) in [5, 5.41) is 15.8. The molecule has 4 rings (SSSR count). The fraction of sp³-hybridized carbons (Fsp3) is 0.267. The Kier molecular flexibility index (Phi) is 7.21. The molecule has 2 amide bonds. The lowest BCUT2D eigenvalue weighted by atomic mass is 9.71. The highest BCUT2D eigenvalue weighted by atomic mass is 79.9. The first-order chi connectivity index (χ1) is 17.0. The minimum Gasteiger partial charge on any atom is -0.378 e. The first-order valence-corrected chi connectivity index (χ1v) is 12.7. The molecule has 2 N–H and O–H groups in total. The number of aliphatic hydroxyl groups is 1. The van der Waals surface area contributed by atoms with Gasteiger partial charge in [-0.3, -0.25) is 9.59 Å². The van der Waals surface area contributed by atoms with Crippen molar-refractivity contribution in [2.24, 2.45) is 0 Å². The van der Waals surface area contributed by atoms with Crippen molar-refractivity contribution in [3.63, 3.8) is 0 Å². The van der Waals surface area contributed by atoms with Crippen molar-refractivity contribution >= 4 is 33.3 Å². The second kappa shape index (κ2) is 10.0. The van der Waals surface area contributed by atoms with Gasteiger partial charge in [0.2, 0.25) is 5.91 Å². The largest absolute Gasteiger partial charge is 0.378 e. The molecule has 1 aliphatic heterocycles. The molecule has 3 aromatic rings. The molecule has 1 heterocycles. The molecule has 1 aliphatic rings. The van der Waals surface area contributed by atoms with Crippen molar-refractivity contribution in [3.05, 3.63) is 112 Å². The maximum absolute atomic E-state index is 14.0. The summed E-state index contributed by atoms with van der Waals surface area (Å²) in [5.41, 5.74) is 0.571. The van der Waals surface area contributed by atoms with E-state index in [1.54, 1.807) is 19.1 Å². The number of carbonyl (C=O) groups is 2. The summed E-state index contributed by atoms with van der Waals surface area (Å²) >= 11 is 3.47. The van der Waals surface area contributed by atoms with Crippen LogP contribution in [0.2, 0.25) is 0 Å². The Labute approximate surface area is 221 Å². The van der Waals surface area contributed by atoms with Crippen LogP contribution in [0.1, 0.15) is 44.4 Å². The summed E-state index contributed by atoms with van der Waals surface area (Å²) < 4.78 is 0.848. The fourth-order valence-electron chi connectivity index (χ4n) is 4.85. The Balaban J connectivity index is 2.01. The van der Waals surface area contributed by atoms with Crippen LogP contribution < -0.4 is 5.32 Å². The Morgan fingerprint density at radius 1 is 0.972 bits per heavy atom. The molecule has 186 valence electrons. The average molecular weight is 547 g/mol. The van der Waals surface area contributed by atoms with E-state index in [4.69, 9.17) is 0 Å². The van der Waals surface area contributed by atoms with Crippen LogP contribution >= 0.6 is 15.9 Å². The zero-order valence-corrected chi connectivity index (χ0v) is 22.5. The van der Waals surface area contributed by atoms with Gasteiger partial charge in [-0.25, -0.2) is 0 Å². The monoisotopic (exact) mass is 546 g/mol. The van der Waals surface area contributed by atoms with Crippen molar-refractivity contribution in [1.29, 1.82) is 0 Å². The van der Waals surface area contributed by atoms with E-state index in [0.717, 1.165) is 10.0 Å². The molecular formula is C30H31BrN2O3. The SMILES string of the molecule is CC1=C(c2ccccc2)C(O)(c2ccc(Br)cc2)C(C(=O)NC(C)(C)C)N(Cc2ccccc2)C1=O. The number of amides is 2. The molecule has 0 aromatic heterocycles. The topological polar surface area (TPSA) is 69.6 Å². The zero-order chi connectivity index (χ0) is 26.1. The summed E-state index contributed by atoms with van der Waals surface area (Å²) in [6.45, 7) is 7.56. The number of halogens is 1. The Hall–Kier alpha value is -3.22. The predicted molar refractivity (Wildman–Crippen MR) is 146 cm³/mol. The number of hydrogen-bond donors (Lipinski definition) is 2. The first kappa shape index (κ1) is 25.9. The highest BCUT2D eigenvalue weighted by Gasteiger charge is 2.55. The lowest BCUT2D eigenvalue weighted by Crippen LogP contribution is -2.64. The van der Waals surface area contributed by atoms with Gasteiger partial charge < -0.3 is 15.3 Å². The van der Waals surface area contributed by atoms with Crippen LogP contribution in [0.5, 0.6) is 0 Å². The van der Waals surface area contributed by atoms with Crippen LogP contribution in [0.3, 0.4) is 0 Å². The molecule has 0 aliphatic carbocycles. The van der Waals surface area contributed by atoms with Gasteiger partial charge in [0.15, 0.2) is 0 Å². The highest BCUT2D eigenvalue weighted by Crippen LogP contribution is 2.47. The number of rotatable bonds is 5. The van der Waals surface area contributed by atoms with E-state index in [2.05, 4.69) is 21.2 Å². The maximum atomic E-state index is 14.0. The number of nitrogens with zero attached hydrogens (tertiary/aromatic N) is 1. The predicted octanol–water partition coefficient (Wildman–Crippen LogP) is 5.44. The van der Waals surface area contributed by atoms with Crippen molar-refractivity contribution in [1.82, 2.24) is 10.2 Å². The molecule has 3 aromatic carbocycles. The van der Waals surface area contributed by atoms with Crippen LogP contribution in [-0.4, -0.2) is 33.4 Å². The lowest BCUT2D eigenvalue weighted by Gasteiger charge is -2.48. The number of nitrogens with one attached hydrogen (secondary N) is 1. The first-order valence-electron chi connectivity index (χ1n) is 11.9. The standard InChI is InChI=1S/C30H31BrN2O3/c1-20-25(22-13-9-6-10-14-22)30(36,23-15-17-24(31)18-16-23)26(27(34)32-29(2,3)4)33(28(20)35)19-21-11-7-5-8-12-21/h5-18,26,36H,19H2,1-4H3,(H,32,34). The van der Waals surface area contributed by atoms with Crippen LogP contribution in [0.25, 0.3) is 5.57 Å². The minimum absolute atomic E-state index is 0.181. The average Bonchev–Trinajstić information content (AvgIpc) is 2.83. The molecule has 2 atom stereocenters. The number of hydrogen-bond acceptors (Lipinski definition) is 3. The Morgan fingerprint density at radius 3 is 2.08 bits per heavy atom. The summed E-state index contributed by atoms with van der Waals surface area (Å²) in [7, 11) is 0. The van der Waals surface area contributed by atoms with Crippen LogP contribution in [-0.2, 0) is 21.7 Å². The van der Waals surface area contributed by atoms with Crippen LogP contribution in [0.4, 0.5) is 0 Å². The van der Waals surface area contributed by atoms with E-state index in [1.165, 1.54) is 4.90 Å². The fourth-order valence-corrected chi connectivity index (χ4v) is 5.11. The van der Waals surface area contributed by atoms with Crippen molar-refractivity contribution in [2.75, 3.05) is 0 Å². The summed E-state index contributed by atoms with van der Waals surface area (Å²) in [6.07, 6.45) is 0. The van der Waals surface area contributed by atoms with E-state index < -0.39 is 23.1 Å². The van der Waals surface area contributed by atoms with E-state index in [1.807, 2.05) is 93.6 Å². The summed E-state index contributed by atoms with van der Waals surface area (Å²) in [6, 6.07) is 24.9. The molecule has 0 spiro atoms. The van der Waals surface area contributed by atoms with Crippen LogP contribution in [0, 0.1) is 0 Å². The van der Waals surface area contributed by atoms with Gasteiger partial charge in [0.25, 0.3) is 5.91 Å². The molecule has 0 saturated heterocycles. The molecule has 5 nitrogen and oxygen atoms in total. The lowest BCUT2D eigenvalue weighted by molar-refractivity contribution is -0.150. The van der Waals surface area contributed by atoms with Crippen molar-refractivity contribution < 1.29 is 14.7 Å². The molecule has 0 fully saturated rings. The van der Waals surface area contributed by atoms with Gasteiger partial charge in [0.05, 0.1) is 0 Å². The Morgan fingerprint density at radius 2 is 1.53 bits per heavy atom. The highest BCUT2D eigenvalue weighted by molar-refractivity contribution is 9.10. The minimum atomic E-state index is -1.80. The molecule has 36 heavy (non-hydrogen) atoms. The zero-order valence-electron chi connectivity index (χ0n) is 21.0. The summed E-state index contributed by atoms with van der Waals surface area (Å²) in [4.78, 5) is 29.4. The van der Waals surface area contributed by atoms with Crippen LogP contribution in [0.15, 0.2) is 95.0 Å². The van der Waals surface area contributed by atoms with E-state index >= 15 is 0 Å². The van der Waals surface area contributed by atoms with E-state index in [9.17, 15) is 14.7 Å². The van der Waals surface area contributed by atoms with Gasteiger partial charge in [0, 0.05) is 27.7 Å². The third kappa shape index (κ3) is 5.01. The van der Waals surface area contributed by atoms with Gasteiger partial charge in [-0.05, 0) is 56.5 Å². The van der Waals surface area contributed by atoms with Gasteiger partial charge in [0.1, 0.15) is 11.6 Å². The third-order valence-electron chi connectivity index (χ3n) is 6.33. The Bertz CT molecular complexity index is 1280. The van der Waals surface area contributed by atoms with Gasteiger partial charge >= 0.3 is 0 Å².